The van der Waals surface area contributed by atoms with E-state index in [-0.39, 0.29) is 12.6 Å². The van der Waals surface area contributed by atoms with Gasteiger partial charge in [-0.05, 0) is 5.56 Å². The Balaban J connectivity index is 2.49. The van der Waals surface area contributed by atoms with E-state index in [0.29, 0.717) is 12.9 Å². The number of benzene rings is 1. The van der Waals surface area contributed by atoms with E-state index < -0.39 is 0 Å². The molecule has 0 spiro atoms. The van der Waals surface area contributed by atoms with E-state index in [9.17, 15) is 4.79 Å². The van der Waals surface area contributed by atoms with Crippen LogP contribution in [-0.2, 0) is 16.0 Å². The van der Waals surface area contributed by atoms with Crippen LogP contribution in [0.2, 0.25) is 0 Å². The predicted molar refractivity (Wildman–Crippen MR) is 52.6 cm³/mol. The maximum Gasteiger partial charge on any atom is 0.293 e. The molecule has 0 fully saturated rings. The lowest BCUT2D eigenvalue weighted by molar-refractivity contribution is -0.128. The second-order valence-corrected chi connectivity index (χ2v) is 2.90. The van der Waals surface area contributed by atoms with Crippen molar-refractivity contribution in [3.63, 3.8) is 0 Å². The normalized spacial score (nSPS) is 11.4. The van der Waals surface area contributed by atoms with Gasteiger partial charge in [-0.3, -0.25) is 4.79 Å². The number of ether oxygens (including phenoxy) is 1. The molecule has 0 N–H and O–H groups in total. The molecular weight excluding hydrogens is 178 g/mol. The van der Waals surface area contributed by atoms with Crippen LogP contribution in [0.3, 0.4) is 0 Å². The fraction of sp³-hybridized carbons (Fsp3) is 0.273. The summed E-state index contributed by atoms with van der Waals surface area (Å²) >= 11 is 0. The molecule has 0 aliphatic carbocycles. The van der Waals surface area contributed by atoms with Crippen molar-refractivity contribution in [2.45, 2.75) is 12.5 Å². The Kier molecular flexibility index (Phi) is 4.22. The molecule has 0 aromatic heterocycles. The zero-order valence-electron chi connectivity index (χ0n) is 7.72. The Morgan fingerprint density at radius 2 is 2.14 bits per heavy atom. The molecule has 0 aliphatic heterocycles. The molecule has 1 unspecified atom stereocenters. The van der Waals surface area contributed by atoms with Crippen LogP contribution in [0.25, 0.3) is 4.85 Å². The van der Waals surface area contributed by atoms with Gasteiger partial charge in [0.2, 0.25) is 0 Å². The van der Waals surface area contributed by atoms with E-state index in [4.69, 9.17) is 6.57 Å². The highest BCUT2D eigenvalue weighted by atomic mass is 16.5. The van der Waals surface area contributed by atoms with Crippen molar-refractivity contribution in [3.8, 4) is 0 Å². The lowest BCUT2D eigenvalue weighted by atomic mass is 10.1. The molecule has 3 nitrogen and oxygen atoms in total. The summed E-state index contributed by atoms with van der Waals surface area (Å²) in [4.78, 5) is 13.3. The van der Waals surface area contributed by atoms with Crippen molar-refractivity contribution >= 4 is 6.47 Å². The summed E-state index contributed by atoms with van der Waals surface area (Å²) in [6.07, 6.45) is 0.623. The van der Waals surface area contributed by atoms with Crippen molar-refractivity contribution in [1.29, 1.82) is 0 Å². The highest BCUT2D eigenvalue weighted by Crippen LogP contribution is 2.05. The SMILES string of the molecule is [C-]#[N+]C(COC=O)Cc1ccccc1. The molecule has 0 radical (unpaired) electrons. The molecule has 1 aromatic rings. The molecule has 14 heavy (non-hydrogen) atoms. The number of nitrogens with zero attached hydrogens (tertiary/aromatic N) is 1. The number of rotatable bonds is 5. The van der Waals surface area contributed by atoms with Crippen LogP contribution in [-0.4, -0.2) is 19.1 Å². The van der Waals surface area contributed by atoms with Gasteiger partial charge in [-0.25, -0.2) is 6.57 Å². The average Bonchev–Trinajstić information content (AvgIpc) is 2.25. The summed E-state index contributed by atoms with van der Waals surface area (Å²) in [5.74, 6) is 0. The van der Waals surface area contributed by atoms with Crippen molar-refractivity contribution in [3.05, 3.63) is 47.3 Å². The van der Waals surface area contributed by atoms with Gasteiger partial charge < -0.3 is 9.58 Å². The van der Waals surface area contributed by atoms with E-state index in [1.807, 2.05) is 30.3 Å². The van der Waals surface area contributed by atoms with E-state index in [1.165, 1.54) is 0 Å². The first-order valence-corrected chi connectivity index (χ1v) is 4.32. The Bertz CT molecular complexity index is 316. The zero-order valence-corrected chi connectivity index (χ0v) is 7.72. The number of carbonyl (C=O) groups excluding carboxylic acids is 1. The van der Waals surface area contributed by atoms with E-state index >= 15 is 0 Å². The van der Waals surface area contributed by atoms with Crippen LogP contribution >= 0.6 is 0 Å². The summed E-state index contributed by atoms with van der Waals surface area (Å²) < 4.78 is 4.56. The van der Waals surface area contributed by atoms with Crippen LogP contribution in [0.1, 0.15) is 5.56 Å². The first-order valence-electron chi connectivity index (χ1n) is 4.32. The first-order chi connectivity index (χ1) is 6.86. The predicted octanol–water partition coefficient (Wildman–Crippen LogP) is 1.69. The minimum atomic E-state index is -0.275. The monoisotopic (exact) mass is 189 g/mol. The molecule has 0 bridgehead atoms. The lowest BCUT2D eigenvalue weighted by Gasteiger charge is -2.03. The van der Waals surface area contributed by atoms with Gasteiger partial charge in [0.1, 0.15) is 0 Å². The molecule has 1 aromatic carbocycles. The second-order valence-electron chi connectivity index (χ2n) is 2.90. The molecule has 3 heteroatoms. The molecule has 0 amide bonds. The number of hydrogen-bond donors (Lipinski definition) is 0. The Morgan fingerprint density at radius 3 is 2.71 bits per heavy atom. The van der Waals surface area contributed by atoms with E-state index in [1.54, 1.807) is 0 Å². The van der Waals surface area contributed by atoms with E-state index in [0.717, 1.165) is 5.56 Å². The second kappa shape index (κ2) is 5.76. The highest BCUT2D eigenvalue weighted by molar-refractivity contribution is 5.37. The average molecular weight is 189 g/mol. The third kappa shape index (κ3) is 3.28. The molecule has 0 heterocycles. The van der Waals surface area contributed by atoms with Crippen molar-refractivity contribution in [2.24, 2.45) is 0 Å². The topological polar surface area (TPSA) is 30.7 Å². The molecule has 1 atom stereocenters. The maximum atomic E-state index is 9.95. The van der Waals surface area contributed by atoms with E-state index in [2.05, 4.69) is 9.58 Å². The summed E-state index contributed by atoms with van der Waals surface area (Å²) in [6.45, 7) is 7.46. The van der Waals surface area contributed by atoms with Gasteiger partial charge in [0.25, 0.3) is 12.5 Å². The van der Waals surface area contributed by atoms with Gasteiger partial charge in [0.05, 0.1) is 6.42 Å². The molecule has 0 aliphatic rings. The number of carbonyl (C=O) groups is 1. The van der Waals surface area contributed by atoms with Gasteiger partial charge in [0.15, 0.2) is 6.61 Å². The van der Waals surface area contributed by atoms with Gasteiger partial charge in [-0.2, -0.15) is 0 Å². The van der Waals surface area contributed by atoms with Crippen LogP contribution in [0.5, 0.6) is 0 Å². The molecule has 0 saturated heterocycles. The summed E-state index contributed by atoms with van der Waals surface area (Å²) in [6, 6.07) is 9.42. The molecule has 0 saturated carbocycles. The maximum absolute atomic E-state index is 9.95. The Labute approximate surface area is 83.1 Å². The Morgan fingerprint density at radius 1 is 1.43 bits per heavy atom. The third-order valence-electron chi connectivity index (χ3n) is 1.85. The van der Waals surface area contributed by atoms with Gasteiger partial charge >= 0.3 is 0 Å². The smallest absolute Gasteiger partial charge is 0.293 e. The van der Waals surface area contributed by atoms with Crippen LogP contribution in [0, 0.1) is 6.57 Å². The largest absolute Gasteiger partial charge is 0.460 e. The van der Waals surface area contributed by atoms with Crippen LogP contribution in [0.4, 0.5) is 0 Å². The van der Waals surface area contributed by atoms with Crippen LogP contribution in [0.15, 0.2) is 30.3 Å². The van der Waals surface area contributed by atoms with Crippen molar-refractivity contribution in [2.75, 3.05) is 6.61 Å². The fourth-order valence-corrected chi connectivity index (χ4v) is 1.18. The van der Waals surface area contributed by atoms with Crippen molar-refractivity contribution < 1.29 is 9.53 Å². The molecule has 1 rings (SSSR count). The lowest BCUT2D eigenvalue weighted by Crippen LogP contribution is -2.14. The van der Waals surface area contributed by atoms with Crippen molar-refractivity contribution in [1.82, 2.24) is 0 Å². The summed E-state index contributed by atoms with van der Waals surface area (Å²) in [5, 5.41) is 0. The zero-order chi connectivity index (χ0) is 10.2. The fourth-order valence-electron chi connectivity index (χ4n) is 1.18. The molecule has 72 valence electrons. The van der Waals surface area contributed by atoms with Gasteiger partial charge in [0, 0.05) is 0 Å². The number of hydrogen-bond acceptors (Lipinski definition) is 2. The standard InChI is InChI=1S/C11H11NO2/c1-12-11(8-14-9-13)7-10-5-3-2-4-6-10/h2-6,9,11H,7-8H2. The van der Waals surface area contributed by atoms with Gasteiger partial charge in [-0.15, -0.1) is 0 Å². The van der Waals surface area contributed by atoms with Crippen LogP contribution < -0.4 is 0 Å². The quantitative estimate of drug-likeness (QED) is 0.521. The summed E-state index contributed by atoms with van der Waals surface area (Å²) in [5.41, 5.74) is 1.09. The highest BCUT2D eigenvalue weighted by Gasteiger charge is 2.13. The summed E-state index contributed by atoms with van der Waals surface area (Å²) in [7, 11) is 0. The minimum Gasteiger partial charge on any atom is -0.460 e. The molecular formula is C11H11NO2. The Hall–Kier alpha value is -1.82. The third-order valence-corrected chi connectivity index (χ3v) is 1.85. The first kappa shape index (κ1) is 10.3. The van der Waals surface area contributed by atoms with Gasteiger partial charge in [-0.1, -0.05) is 30.3 Å². The minimum absolute atomic E-state index is 0.169.